The molecule has 1 saturated heterocycles. The Morgan fingerprint density at radius 2 is 2.14 bits per heavy atom. The van der Waals surface area contributed by atoms with Gasteiger partial charge in [0.2, 0.25) is 0 Å². The Morgan fingerprint density at radius 3 is 2.86 bits per heavy atom. The monoisotopic (exact) mass is 194 g/mol. The van der Waals surface area contributed by atoms with E-state index in [1.807, 2.05) is 12.1 Å². The molecule has 76 valence electrons. The summed E-state index contributed by atoms with van der Waals surface area (Å²) in [7, 11) is 0. The maximum absolute atomic E-state index is 13.3. The molecule has 0 bridgehead atoms. The molecule has 2 heteroatoms. The lowest BCUT2D eigenvalue weighted by Crippen LogP contribution is -2.21. The first-order valence-corrected chi connectivity index (χ1v) is 5.21. The van der Waals surface area contributed by atoms with Gasteiger partial charge in [0.1, 0.15) is 5.82 Å². The Kier molecular flexibility index (Phi) is 3.14. The van der Waals surface area contributed by atoms with Gasteiger partial charge in [-0.3, -0.25) is 0 Å². The number of hydrogen-bond acceptors (Lipinski definition) is 1. The van der Waals surface area contributed by atoms with Crippen LogP contribution in [0.4, 0.5) is 4.39 Å². The van der Waals surface area contributed by atoms with Gasteiger partial charge in [0.15, 0.2) is 0 Å². The van der Waals surface area contributed by atoms with Crippen LogP contribution in [0.1, 0.15) is 24.8 Å². The van der Waals surface area contributed by atoms with Gasteiger partial charge in [0.05, 0.1) is 6.10 Å². The van der Waals surface area contributed by atoms with Crippen molar-refractivity contribution in [2.75, 3.05) is 6.61 Å². The van der Waals surface area contributed by atoms with E-state index in [9.17, 15) is 4.39 Å². The highest BCUT2D eigenvalue weighted by Gasteiger charge is 2.15. The Hall–Kier alpha value is -0.890. The minimum absolute atomic E-state index is 0.110. The van der Waals surface area contributed by atoms with Crippen molar-refractivity contribution in [1.82, 2.24) is 0 Å². The molecule has 0 aliphatic carbocycles. The Bertz CT molecular complexity index is 292. The second-order valence-electron chi connectivity index (χ2n) is 3.78. The standard InChI is InChI=1S/C12H15FO/c13-12-7-2-1-5-10(12)9-11-6-3-4-8-14-11/h1-2,5,7,11H,3-4,6,8-9H2. The third kappa shape index (κ3) is 2.32. The van der Waals surface area contributed by atoms with Gasteiger partial charge in [-0.2, -0.15) is 0 Å². The van der Waals surface area contributed by atoms with E-state index in [-0.39, 0.29) is 11.9 Å². The van der Waals surface area contributed by atoms with Crippen molar-refractivity contribution in [2.24, 2.45) is 0 Å². The van der Waals surface area contributed by atoms with Gasteiger partial charge in [-0.25, -0.2) is 4.39 Å². The minimum atomic E-state index is -0.110. The summed E-state index contributed by atoms with van der Waals surface area (Å²) < 4.78 is 18.9. The lowest BCUT2D eigenvalue weighted by Gasteiger charge is -2.22. The summed E-state index contributed by atoms with van der Waals surface area (Å²) in [6.45, 7) is 0.832. The van der Waals surface area contributed by atoms with Crippen LogP contribution < -0.4 is 0 Å². The predicted molar refractivity (Wildman–Crippen MR) is 53.7 cm³/mol. The summed E-state index contributed by atoms with van der Waals surface area (Å²) in [4.78, 5) is 0. The van der Waals surface area contributed by atoms with Crippen LogP contribution in [-0.2, 0) is 11.2 Å². The summed E-state index contributed by atoms with van der Waals surface area (Å²) in [6.07, 6.45) is 4.36. The first kappa shape index (κ1) is 9.66. The summed E-state index contributed by atoms with van der Waals surface area (Å²) in [6, 6.07) is 6.95. The average Bonchev–Trinajstić information content (AvgIpc) is 2.23. The van der Waals surface area contributed by atoms with Crippen LogP contribution in [0, 0.1) is 5.82 Å². The maximum Gasteiger partial charge on any atom is 0.126 e. The van der Waals surface area contributed by atoms with Gasteiger partial charge < -0.3 is 4.74 Å². The molecule has 1 aromatic carbocycles. The van der Waals surface area contributed by atoms with E-state index >= 15 is 0 Å². The maximum atomic E-state index is 13.3. The van der Waals surface area contributed by atoms with Crippen LogP contribution in [0.5, 0.6) is 0 Å². The molecule has 1 fully saturated rings. The van der Waals surface area contributed by atoms with Gasteiger partial charge >= 0.3 is 0 Å². The number of hydrogen-bond donors (Lipinski definition) is 0. The number of rotatable bonds is 2. The third-order valence-electron chi connectivity index (χ3n) is 2.68. The van der Waals surface area contributed by atoms with E-state index in [0.29, 0.717) is 6.42 Å². The van der Waals surface area contributed by atoms with Crippen LogP contribution in [0.25, 0.3) is 0 Å². The molecular weight excluding hydrogens is 179 g/mol. The van der Waals surface area contributed by atoms with Crippen LogP contribution >= 0.6 is 0 Å². The zero-order valence-corrected chi connectivity index (χ0v) is 8.21. The van der Waals surface area contributed by atoms with Crippen molar-refractivity contribution in [3.63, 3.8) is 0 Å². The highest BCUT2D eigenvalue weighted by Crippen LogP contribution is 2.18. The fourth-order valence-corrected chi connectivity index (χ4v) is 1.88. The molecular formula is C12H15FO. The van der Waals surface area contributed by atoms with Crippen LogP contribution in [0.2, 0.25) is 0 Å². The molecule has 1 atom stereocenters. The highest BCUT2D eigenvalue weighted by atomic mass is 19.1. The van der Waals surface area contributed by atoms with Gasteiger partial charge in [0.25, 0.3) is 0 Å². The molecule has 0 aromatic heterocycles. The average molecular weight is 194 g/mol. The highest BCUT2D eigenvalue weighted by molar-refractivity contribution is 5.18. The van der Waals surface area contributed by atoms with E-state index in [4.69, 9.17) is 4.74 Å². The first-order chi connectivity index (χ1) is 6.86. The normalized spacial score (nSPS) is 22.2. The SMILES string of the molecule is Fc1ccccc1CC1CCCCO1. The largest absolute Gasteiger partial charge is 0.378 e. The Balaban J connectivity index is 1.99. The smallest absolute Gasteiger partial charge is 0.126 e. The zero-order chi connectivity index (χ0) is 9.80. The Labute approximate surface area is 83.9 Å². The van der Waals surface area contributed by atoms with Crippen molar-refractivity contribution in [3.8, 4) is 0 Å². The molecule has 1 aliphatic heterocycles. The second-order valence-corrected chi connectivity index (χ2v) is 3.78. The molecule has 0 amide bonds. The topological polar surface area (TPSA) is 9.23 Å². The van der Waals surface area contributed by atoms with Crippen molar-refractivity contribution in [2.45, 2.75) is 31.8 Å². The lowest BCUT2D eigenvalue weighted by atomic mass is 10.0. The lowest BCUT2D eigenvalue weighted by molar-refractivity contribution is 0.0163. The molecule has 1 heterocycles. The zero-order valence-electron chi connectivity index (χ0n) is 8.21. The van der Waals surface area contributed by atoms with E-state index in [1.54, 1.807) is 6.07 Å². The minimum Gasteiger partial charge on any atom is -0.378 e. The van der Waals surface area contributed by atoms with Gasteiger partial charge in [-0.05, 0) is 30.9 Å². The van der Waals surface area contributed by atoms with Crippen molar-refractivity contribution >= 4 is 0 Å². The van der Waals surface area contributed by atoms with E-state index < -0.39 is 0 Å². The van der Waals surface area contributed by atoms with Crippen molar-refractivity contribution in [1.29, 1.82) is 0 Å². The Morgan fingerprint density at radius 1 is 1.29 bits per heavy atom. The van der Waals surface area contributed by atoms with Crippen molar-refractivity contribution in [3.05, 3.63) is 35.6 Å². The summed E-state index contributed by atoms with van der Waals surface area (Å²) in [5, 5.41) is 0. The summed E-state index contributed by atoms with van der Waals surface area (Å²) >= 11 is 0. The van der Waals surface area contributed by atoms with Crippen molar-refractivity contribution < 1.29 is 9.13 Å². The predicted octanol–water partition coefficient (Wildman–Crippen LogP) is 2.94. The molecule has 1 nitrogen and oxygen atoms in total. The van der Waals surface area contributed by atoms with E-state index in [0.717, 1.165) is 25.0 Å². The van der Waals surface area contributed by atoms with Crippen LogP contribution in [-0.4, -0.2) is 12.7 Å². The number of halogens is 1. The molecule has 14 heavy (non-hydrogen) atoms. The molecule has 0 spiro atoms. The summed E-state index contributed by atoms with van der Waals surface area (Å²) in [5.74, 6) is -0.110. The first-order valence-electron chi connectivity index (χ1n) is 5.21. The number of benzene rings is 1. The third-order valence-corrected chi connectivity index (χ3v) is 2.68. The summed E-state index contributed by atoms with van der Waals surface area (Å²) in [5.41, 5.74) is 0.777. The molecule has 1 aliphatic rings. The fraction of sp³-hybridized carbons (Fsp3) is 0.500. The second kappa shape index (κ2) is 4.56. The van der Waals surface area contributed by atoms with Gasteiger partial charge in [-0.1, -0.05) is 18.2 Å². The molecule has 0 radical (unpaired) electrons. The van der Waals surface area contributed by atoms with Gasteiger partial charge in [-0.15, -0.1) is 0 Å². The van der Waals surface area contributed by atoms with Gasteiger partial charge in [0, 0.05) is 13.0 Å². The fourth-order valence-electron chi connectivity index (χ4n) is 1.88. The van der Waals surface area contributed by atoms with E-state index in [1.165, 1.54) is 12.5 Å². The molecule has 0 N–H and O–H groups in total. The van der Waals surface area contributed by atoms with Crippen LogP contribution in [0.15, 0.2) is 24.3 Å². The quantitative estimate of drug-likeness (QED) is 0.703. The van der Waals surface area contributed by atoms with E-state index in [2.05, 4.69) is 0 Å². The number of ether oxygens (including phenoxy) is 1. The van der Waals surface area contributed by atoms with Crippen LogP contribution in [0.3, 0.4) is 0 Å². The molecule has 0 saturated carbocycles. The molecule has 1 aromatic rings. The molecule has 2 rings (SSSR count). The molecule has 1 unspecified atom stereocenters.